The molecule has 2 aromatic rings. The number of para-hydroxylation sites is 1. The summed E-state index contributed by atoms with van der Waals surface area (Å²) in [6, 6.07) is 8.83. The molecule has 6 heteroatoms. The van der Waals surface area contributed by atoms with E-state index >= 15 is 0 Å². The summed E-state index contributed by atoms with van der Waals surface area (Å²) < 4.78 is 0. The van der Waals surface area contributed by atoms with Gasteiger partial charge in [-0.2, -0.15) is 0 Å². The Balaban J connectivity index is 0.00000116. The monoisotopic (exact) mass is 303 g/mol. The molecule has 0 aliphatic rings. The van der Waals surface area contributed by atoms with Crippen molar-refractivity contribution in [2.24, 2.45) is 5.73 Å². The first kappa shape index (κ1) is 17.7. The first-order valence-electron chi connectivity index (χ1n) is 7.54. The normalized spacial score (nSPS) is 9.82. The van der Waals surface area contributed by atoms with E-state index in [-0.39, 0.29) is 5.75 Å². The van der Waals surface area contributed by atoms with Crippen LogP contribution in [0.15, 0.2) is 30.3 Å². The third-order valence-electron chi connectivity index (χ3n) is 3.10. The number of hydrogen-bond acceptors (Lipinski definition) is 6. The molecule has 0 aliphatic heterocycles. The van der Waals surface area contributed by atoms with Gasteiger partial charge in [0.15, 0.2) is 5.82 Å². The molecule has 2 rings (SSSR count). The number of aromatic nitrogens is 2. The smallest absolute Gasteiger partial charge is 0.169 e. The van der Waals surface area contributed by atoms with Crippen molar-refractivity contribution in [1.82, 2.24) is 10.2 Å². The number of likely N-dealkylation sites (N-methyl/N-ethyl adjacent to an activating group) is 1. The highest BCUT2D eigenvalue weighted by atomic mass is 16.3. The van der Waals surface area contributed by atoms with Crippen LogP contribution >= 0.6 is 0 Å². The van der Waals surface area contributed by atoms with Gasteiger partial charge in [0.05, 0.1) is 11.4 Å². The zero-order valence-electron chi connectivity index (χ0n) is 13.5. The van der Waals surface area contributed by atoms with E-state index < -0.39 is 0 Å². The fraction of sp³-hybridized carbons (Fsp3) is 0.375. The zero-order valence-corrected chi connectivity index (χ0v) is 13.5. The predicted octanol–water partition coefficient (Wildman–Crippen LogP) is 2.24. The lowest BCUT2D eigenvalue weighted by Gasteiger charge is -2.23. The van der Waals surface area contributed by atoms with E-state index in [1.54, 1.807) is 18.2 Å². The Hall–Kier alpha value is -2.34. The topological polar surface area (TPSA) is 101 Å². The number of nitrogens with zero attached hydrogens (tertiary/aromatic N) is 3. The molecule has 6 nitrogen and oxygen atoms in total. The molecule has 120 valence electrons. The number of nitrogen functional groups attached to an aromatic ring is 1. The Kier molecular flexibility index (Phi) is 7.12. The summed E-state index contributed by atoms with van der Waals surface area (Å²) in [6.07, 6.45) is 0. The summed E-state index contributed by atoms with van der Waals surface area (Å²) in [7, 11) is 0. The number of rotatable bonds is 5. The highest BCUT2D eigenvalue weighted by molar-refractivity contribution is 5.73. The zero-order chi connectivity index (χ0) is 16.5. The molecule has 0 atom stereocenters. The van der Waals surface area contributed by atoms with E-state index in [0.717, 1.165) is 12.2 Å². The molecule has 0 amide bonds. The first-order valence-corrected chi connectivity index (χ1v) is 7.54. The molecule has 0 unspecified atom stereocenters. The van der Waals surface area contributed by atoms with Crippen LogP contribution < -0.4 is 16.4 Å². The minimum Gasteiger partial charge on any atom is -0.507 e. The summed E-state index contributed by atoms with van der Waals surface area (Å²) in [6.45, 7) is 8.01. The lowest BCUT2D eigenvalue weighted by molar-refractivity contribution is 0.477. The number of benzene rings is 1. The first-order chi connectivity index (χ1) is 10.7. The molecule has 0 spiro atoms. The molecule has 0 aliphatic carbocycles. The van der Waals surface area contributed by atoms with Gasteiger partial charge < -0.3 is 21.5 Å². The Morgan fingerprint density at radius 1 is 1.18 bits per heavy atom. The quantitative estimate of drug-likeness (QED) is 0.783. The molecule has 1 aromatic carbocycles. The lowest BCUT2D eigenvalue weighted by Crippen LogP contribution is -2.30. The summed E-state index contributed by atoms with van der Waals surface area (Å²) in [5, 5.41) is 17.9. The minimum absolute atomic E-state index is 0.166. The van der Waals surface area contributed by atoms with Gasteiger partial charge in [-0.3, -0.25) is 0 Å². The van der Waals surface area contributed by atoms with Crippen molar-refractivity contribution in [1.29, 1.82) is 0 Å². The Morgan fingerprint density at radius 3 is 2.45 bits per heavy atom. The van der Waals surface area contributed by atoms with Crippen LogP contribution in [0.5, 0.6) is 5.75 Å². The number of hydrogen-bond donors (Lipinski definition) is 3. The fourth-order valence-corrected chi connectivity index (χ4v) is 2.07. The summed E-state index contributed by atoms with van der Waals surface area (Å²) >= 11 is 0. The van der Waals surface area contributed by atoms with E-state index in [9.17, 15) is 5.11 Å². The maximum Gasteiger partial charge on any atom is 0.169 e. The van der Waals surface area contributed by atoms with Crippen molar-refractivity contribution in [3.05, 3.63) is 30.3 Å². The summed E-state index contributed by atoms with van der Waals surface area (Å²) in [5.74, 6) is 0.527. The second-order valence-corrected chi connectivity index (χ2v) is 4.39. The molecule has 0 bridgehead atoms. The van der Waals surface area contributed by atoms with E-state index in [2.05, 4.69) is 10.2 Å². The van der Waals surface area contributed by atoms with E-state index in [0.29, 0.717) is 30.2 Å². The van der Waals surface area contributed by atoms with Gasteiger partial charge >= 0.3 is 0 Å². The van der Waals surface area contributed by atoms with Crippen LogP contribution in [-0.4, -0.2) is 34.9 Å². The Bertz CT molecular complexity index is 588. The van der Waals surface area contributed by atoms with Crippen LogP contribution in [0.3, 0.4) is 0 Å². The van der Waals surface area contributed by atoms with Crippen LogP contribution in [0.1, 0.15) is 20.8 Å². The highest BCUT2D eigenvalue weighted by Crippen LogP contribution is 2.30. The third kappa shape index (κ3) is 4.08. The Morgan fingerprint density at radius 2 is 1.86 bits per heavy atom. The second-order valence-electron chi connectivity index (χ2n) is 4.39. The summed E-state index contributed by atoms with van der Waals surface area (Å²) in [4.78, 5) is 2.04. The number of anilines is 2. The van der Waals surface area contributed by atoms with Gasteiger partial charge in [-0.15, -0.1) is 10.2 Å². The standard InChI is InChI=1S/C14H19N5O.C2H6/c1-2-19(8-7-15)12-9-11(17-18-14(12)16)10-5-3-4-6-13(10)20;1-2/h3-6,9,20H,2,7-8,15H2,1H3,(H2,16,18);1-2H3. The average Bonchev–Trinajstić information content (AvgIpc) is 2.56. The third-order valence-corrected chi connectivity index (χ3v) is 3.10. The minimum atomic E-state index is 0.166. The highest BCUT2D eigenvalue weighted by Gasteiger charge is 2.13. The number of phenols is 1. The largest absolute Gasteiger partial charge is 0.507 e. The molecular formula is C16H25N5O. The van der Waals surface area contributed by atoms with Gasteiger partial charge in [-0.05, 0) is 25.1 Å². The molecule has 0 radical (unpaired) electrons. The fourth-order valence-electron chi connectivity index (χ4n) is 2.07. The predicted molar refractivity (Wildman–Crippen MR) is 91.8 cm³/mol. The van der Waals surface area contributed by atoms with Crippen molar-refractivity contribution < 1.29 is 5.11 Å². The maximum atomic E-state index is 9.89. The van der Waals surface area contributed by atoms with Crippen LogP contribution in [0.4, 0.5) is 11.5 Å². The molecule has 1 aromatic heterocycles. The van der Waals surface area contributed by atoms with E-state index in [1.807, 2.05) is 37.8 Å². The SMILES string of the molecule is CC.CCN(CCN)c1cc(-c2ccccc2O)nnc1N. The summed E-state index contributed by atoms with van der Waals surface area (Å²) in [5.41, 5.74) is 13.5. The molecular weight excluding hydrogens is 278 g/mol. The molecule has 1 heterocycles. The van der Waals surface area contributed by atoms with Crippen molar-refractivity contribution >= 4 is 11.5 Å². The van der Waals surface area contributed by atoms with E-state index in [4.69, 9.17) is 11.5 Å². The van der Waals surface area contributed by atoms with Crippen molar-refractivity contribution in [2.45, 2.75) is 20.8 Å². The second kappa shape index (κ2) is 8.84. The van der Waals surface area contributed by atoms with Crippen LogP contribution in [-0.2, 0) is 0 Å². The van der Waals surface area contributed by atoms with Gasteiger partial charge in [0.25, 0.3) is 0 Å². The van der Waals surface area contributed by atoms with Crippen molar-refractivity contribution in [3.8, 4) is 17.0 Å². The number of phenolic OH excluding ortho intramolecular Hbond substituents is 1. The van der Waals surface area contributed by atoms with Gasteiger partial charge in [0.1, 0.15) is 5.75 Å². The van der Waals surface area contributed by atoms with Crippen LogP contribution in [0.2, 0.25) is 0 Å². The van der Waals surface area contributed by atoms with Gasteiger partial charge in [-0.1, -0.05) is 26.0 Å². The maximum absolute atomic E-state index is 9.89. The molecule has 22 heavy (non-hydrogen) atoms. The number of nitrogens with two attached hydrogens (primary N) is 2. The van der Waals surface area contributed by atoms with Gasteiger partial charge in [0.2, 0.25) is 0 Å². The Labute approximate surface area is 131 Å². The van der Waals surface area contributed by atoms with Gasteiger partial charge in [-0.25, -0.2) is 0 Å². The molecule has 0 saturated carbocycles. The molecule has 0 fully saturated rings. The molecule has 5 N–H and O–H groups in total. The average molecular weight is 303 g/mol. The van der Waals surface area contributed by atoms with Crippen molar-refractivity contribution in [3.63, 3.8) is 0 Å². The van der Waals surface area contributed by atoms with Gasteiger partial charge in [0, 0.05) is 25.2 Å². The lowest BCUT2D eigenvalue weighted by atomic mass is 10.1. The van der Waals surface area contributed by atoms with Crippen molar-refractivity contribution in [2.75, 3.05) is 30.3 Å². The number of aromatic hydroxyl groups is 1. The van der Waals surface area contributed by atoms with Crippen LogP contribution in [0, 0.1) is 0 Å². The van der Waals surface area contributed by atoms with Crippen LogP contribution in [0.25, 0.3) is 11.3 Å². The van der Waals surface area contributed by atoms with E-state index in [1.165, 1.54) is 0 Å². The molecule has 0 saturated heterocycles.